The number of hydrogen-bond acceptors (Lipinski definition) is 3. The Morgan fingerprint density at radius 1 is 1.38 bits per heavy atom. The van der Waals surface area contributed by atoms with Gasteiger partial charge >= 0.3 is 0 Å². The van der Waals surface area contributed by atoms with Gasteiger partial charge in [0.15, 0.2) is 0 Å². The Balaban J connectivity index is 1.62. The van der Waals surface area contributed by atoms with Gasteiger partial charge in [0, 0.05) is 44.2 Å². The topological polar surface area (TPSA) is 43.9 Å². The molecule has 2 aliphatic heterocycles. The molecule has 0 aliphatic carbocycles. The lowest BCUT2D eigenvalue weighted by atomic mass is 9.98. The van der Waals surface area contributed by atoms with Crippen LogP contribution in [0.15, 0.2) is 18.2 Å². The van der Waals surface area contributed by atoms with Crippen molar-refractivity contribution in [3.05, 3.63) is 34.3 Å². The largest absolute Gasteiger partial charge is 0.341 e. The van der Waals surface area contributed by atoms with Crippen LogP contribution in [0.2, 0.25) is 5.02 Å². The molecule has 0 N–H and O–H groups in total. The van der Waals surface area contributed by atoms with E-state index in [1.807, 2.05) is 47.0 Å². The van der Waals surface area contributed by atoms with Crippen molar-refractivity contribution in [3.8, 4) is 0 Å². The Morgan fingerprint density at radius 2 is 2.17 bits per heavy atom. The smallest absolute Gasteiger partial charge is 0.228 e. The number of amides is 2. The summed E-state index contributed by atoms with van der Waals surface area (Å²) in [6, 6.07) is 5.86. The van der Waals surface area contributed by atoms with Gasteiger partial charge in [0.2, 0.25) is 11.8 Å². The number of hydrogen-bond donors (Lipinski definition) is 0. The summed E-state index contributed by atoms with van der Waals surface area (Å²) in [5.41, 5.74) is 2.27. The first-order valence-corrected chi connectivity index (χ1v) is 8.81. The molecule has 6 heteroatoms. The number of benzene rings is 1. The first-order chi connectivity index (χ1) is 11.5. The standard InChI is InChI=1S/C18H24ClN3O2/c1-20(2)8-9-21-12-14(10-17(21)23)18(24)22-7-6-15-13(11-22)4-3-5-16(15)19/h3-5,14H,6-12H2,1-2H3/t14-/m1/s1. The normalized spacial score (nSPS) is 20.7. The molecular weight excluding hydrogens is 326 g/mol. The minimum Gasteiger partial charge on any atom is -0.341 e. The summed E-state index contributed by atoms with van der Waals surface area (Å²) in [5, 5.41) is 0.783. The number of likely N-dealkylation sites (tertiary alicyclic amines) is 1. The molecule has 1 atom stereocenters. The van der Waals surface area contributed by atoms with E-state index >= 15 is 0 Å². The zero-order valence-corrected chi connectivity index (χ0v) is 15.1. The third-order valence-corrected chi connectivity index (χ3v) is 5.26. The average molecular weight is 350 g/mol. The predicted molar refractivity (Wildman–Crippen MR) is 93.8 cm³/mol. The van der Waals surface area contributed by atoms with Gasteiger partial charge in [0.1, 0.15) is 0 Å². The van der Waals surface area contributed by atoms with Crippen molar-refractivity contribution >= 4 is 23.4 Å². The fourth-order valence-electron chi connectivity index (χ4n) is 3.48. The number of likely N-dealkylation sites (N-methyl/N-ethyl adjacent to an activating group) is 1. The Kier molecular flexibility index (Phi) is 5.11. The second-order valence-electron chi connectivity index (χ2n) is 6.93. The maximum atomic E-state index is 12.8. The SMILES string of the molecule is CN(C)CCN1C[C@H](C(=O)N2CCc3c(Cl)cccc3C2)CC1=O. The third kappa shape index (κ3) is 3.57. The molecule has 5 nitrogen and oxygen atoms in total. The quantitative estimate of drug-likeness (QED) is 0.830. The van der Waals surface area contributed by atoms with E-state index in [9.17, 15) is 9.59 Å². The lowest BCUT2D eigenvalue weighted by Crippen LogP contribution is -2.41. The van der Waals surface area contributed by atoms with Crippen LogP contribution in [0.25, 0.3) is 0 Å². The van der Waals surface area contributed by atoms with E-state index in [0.717, 1.165) is 29.1 Å². The van der Waals surface area contributed by atoms with Crippen LogP contribution >= 0.6 is 11.6 Å². The number of nitrogens with zero attached hydrogens (tertiary/aromatic N) is 3. The van der Waals surface area contributed by atoms with Gasteiger partial charge in [-0.1, -0.05) is 23.7 Å². The lowest BCUT2D eigenvalue weighted by Gasteiger charge is -2.31. The monoisotopic (exact) mass is 349 g/mol. The molecule has 24 heavy (non-hydrogen) atoms. The van der Waals surface area contributed by atoms with Crippen LogP contribution < -0.4 is 0 Å². The molecule has 0 bridgehead atoms. The summed E-state index contributed by atoms with van der Waals surface area (Å²) >= 11 is 6.24. The van der Waals surface area contributed by atoms with E-state index in [2.05, 4.69) is 0 Å². The van der Waals surface area contributed by atoms with E-state index in [0.29, 0.717) is 32.6 Å². The van der Waals surface area contributed by atoms with E-state index in [1.54, 1.807) is 0 Å². The highest BCUT2D eigenvalue weighted by atomic mass is 35.5. The summed E-state index contributed by atoms with van der Waals surface area (Å²) in [4.78, 5) is 30.7. The molecule has 1 aromatic rings. The molecule has 0 aromatic heterocycles. The van der Waals surface area contributed by atoms with Crippen molar-refractivity contribution in [2.45, 2.75) is 19.4 Å². The van der Waals surface area contributed by atoms with Crippen LogP contribution in [-0.2, 0) is 22.6 Å². The van der Waals surface area contributed by atoms with E-state index in [4.69, 9.17) is 11.6 Å². The first kappa shape index (κ1) is 17.2. The Labute approximate surface area is 148 Å². The molecule has 2 aliphatic rings. The predicted octanol–water partition coefficient (Wildman–Crippen LogP) is 1.63. The average Bonchev–Trinajstić information content (AvgIpc) is 2.93. The van der Waals surface area contributed by atoms with Gasteiger partial charge in [-0.2, -0.15) is 0 Å². The molecule has 2 amide bonds. The summed E-state index contributed by atoms with van der Waals surface area (Å²) < 4.78 is 0. The van der Waals surface area contributed by atoms with Crippen LogP contribution in [0.1, 0.15) is 17.5 Å². The highest BCUT2D eigenvalue weighted by molar-refractivity contribution is 6.31. The third-order valence-electron chi connectivity index (χ3n) is 4.90. The number of fused-ring (bicyclic) bond motifs is 1. The number of halogens is 1. The van der Waals surface area contributed by atoms with Crippen molar-refractivity contribution in [3.63, 3.8) is 0 Å². The lowest BCUT2D eigenvalue weighted by molar-refractivity contribution is -0.136. The molecule has 1 aromatic carbocycles. The maximum Gasteiger partial charge on any atom is 0.228 e. The van der Waals surface area contributed by atoms with Crippen molar-refractivity contribution in [1.29, 1.82) is 0 Å². The van der Waals surface area contributed by atoms with Crippen molar-refractivity contribution in [2.75, 3.05) is 40.3 Å². The number of rotatable bonds is 4. The van der Waals surface area contributed by atoms with Gasteiger partial charge in [-0.3, -0.25) is 9.59 Å². The molecule has 0 saturated carbocycles. The molecule has 0 radical (unpaired) electrons. The van der Waals surface area contributed by atoms with Crippen molar-refractivity contribution in [1.82, 2.24) is 14.7 Å². The summed E-state index contributed by atoms with van der Waals surface area (Å²) in [7, 11) is 3.97. The molecule has 1 fully saturated rings. The second-order valence-corrected chi connectivity index (χ2v) is 7.34. The summed E-state index contributed by atoms with van der Waals surface area (Å²) in [5.74, 6) is -0.0163. The van der Waals surface area contributed by atoms with E-state index in [1.165, 1.54) is 0 Å². The Morgan fingerprint density at radius 3 is 2.92 bits per heavy atom. The summed E-state index contributed by atoms with van der Waals surface area (Å²) in [6.07, 6.45) is 1.12. The highest BCUT2D eigenvalue weighted by Crippen LogP contribution is 2.28. The molecule has 2 heterocycles. The first-order valence-electron chi connectivity index (χ1n) is 8.43. The zero-order chi connectivity index (χ0) is 17.3. The fraction of sp³-hybridized carbons (Fsp3) is 0.556. The van der Waals surface area contributed by atoms with Crippen molar-refractivity contribution in [2.24, 2.45) is 5.92 Å². The molecular formula is C18H24ClN3O2. The zero-order valence-electron chi connectivity index (χ0n) is 14.3. The van der Waals surface area contributed by atoms with Crippen LogP contribution in [0, 0.1) is 5.92 Å². The molecule has 3 rings (SSSR count). The highest BCUT2D eigenvalue weighted by Gasteiger charge is 2.37. The van der Waals surface area contributed by atoms with Gasteiger partial charge in [-0.25, -0.2) is 0 Å². The molecule has 130 valence electrons. The van der Waals surface area contributed by atoms with Gasteiger partial charge < -0.3 is 14.7 Å². The van der Waals surface area contributed by atoms with Gasteiger partial charge in [-0.15, -0.1) is 0 Å². The van der Waals surface area contributed by atoms with Gasteiger partial charge in [0.25, 0.3) is 0 Å². The van der Waals surface area contributed by atoms with Crippen LogP contribution in [0.3, 0.4) is 0 Å². The van der Waals surface area contributed by atoms with E-state index in [-0.39, 0.29) is 17.7 Å². The number of carbonyl (C=O) groups is 2. The molecule has 1 saturated heterocycles. The van der Waals surface area contributed by atoms with Crippen LogP contribution in [0.5, 0.6) is 0 Å². The molecule has 0 spiro atoms. The Hall–Kier alpha value is -1.59. The fourth-order valence-corrected chi connectivity index (χ4v) is 3.77. The van der Waals surface area contributed by atoms with Gasteiger partial charge in [0.05, 0.1) is 5.92 Å². The number of carbonyl (C=O) groups excluding carboxylic acids is 2. The Bertz CT molecular complexity index is 647. The summed E-state index contributed by atoms with van der Waals surface area (Å²) in [6.45, 7) is 3.33. The van der Waals surface area contributed by atoms with Crippen LogP contribution in [0.4, 0.5) is 0 Å². The van der Waals surface area contributed by atoms with Crippen LogP contribution in [-0.4, -0.2) is 66.8 Å². The van der Waals surface area contributed by atoms with Crippen molar-refractivity contribution < 1.29 is 9.59 Å². The maximum absolute atomic E-state index is 12.8. The van der Waals surface area contributed by atoms with Gasteiger partial charge in [-0.05, 0) is 37.7 Å². The minimum atomic E-state index is -0.208. The minimum absolute atomic E-state index is 0.0932. The molecule has 0 unspecified atom stereocenters. The van der Waals surface area contributed by atoms with E-state index < -0.39 is 0 Å². The second kappa shape index (κ2) is 7.11.